The molecule has 0 saturated carbocycles. The number of rotatable bonds is 6. The molecule has 0 fully saturated rings. The normalized spacial score (nSPS) is 8.86. The first-order valence-corrected chi connectivity index (χ1v) is 4.41. The van der Waals surface area contributed by atoms with Crippen LogP contribution >= 0.6 is 0 Å². The number of terminal acetylenes is 1. The smallest absolute Gasteiger partial charge is 0.384 e. The van der Waals surface area contributed by atoms with Gasteiger partial charge in [0.1, 0.15) is 0 Å². The Morgan fingerprint density at radius 2 is 2.00 bits per heavy atom. The largest absolute Gasteiger partial charge is 0.469 e. The average molecular weight is 198 g/mol. The van der Waals surface area contributed by atoms with Crippen molar-refractivity contribution in [2.45, 2.75) is 25.7 Å². The fraction of sp³-hybridized carbons (Fsp3) is 0.600. The van der Waals surface area contributed by atoms with Gasteiger partial charge in [-0.15, -0.1) is 6.42 Å². The lowest BCUT2D eigenvalue weighted by molar-refractivity contribution is -0.141. The standard InChI is InChI=1S/C10H14O4/c1-3-9(11)14-8-6-4-5-7-10(12)13-2/h1H,4-8H2,2H3. The van der Waals surface area contributed by atoms with Crippen molar-refractivity contribution in [1.82, 2.24) is 0 Å². The summed E-state index contributed by atoms with van der Waals surface area (Å²) in [6.07, 6.45) is 7.45. The summed E-state index contributed by atoms with van der Waals surface area (Å²) in [4.78, 5) is 21.1. The van der Waals surface area contributed by atoms with Crippen molar-refractivity contribution >= 4 is 11.9 Å². The van der Waals surface area contributed by atoms with Crippen molar-refractivity contribution in [2.24, 2.45) is 0 Å². The Labute approximate surface area is 83.6 Å². The van der Waals surface area contributed by atoms with Gasteiger partial charge in [-0.3, -0.25) is 4.79 Å². The molecule has 4 heteroatoms. The van der Waals surface area contributed by atoms with Crippen molar-refractivity contribution in [3.8, 4) is 12.3 Å². The Morgan fingerprint density at radius 3 is 2.57 bits per heavy atom. The van der Waals surface area contributed by atoms with Gasteiger partial charge in [0.2, 0.25) is 0 Å². The molecule has 0 aromatic carbocycles. The summed E-state index contributed by atoms with van der Waals surface area (Å²) >= 11 is 0. The SMILES string of the molecule is C#CC(=O)OCCCCCC(=O)OC. The number of esters is 2. The summed E-state index contributed by atoms with van der Waals surface area (Å²) in [5, 5.41) is 0. The fourth-order valence-corrected chi connectivity index (χ4v) is 0.857. The molecule has 0 rings (SSSR count). The van der Waals surface area contributed by atoms with Crippen molar-refractivity contribution in [2.75, 3.05) is 13.7 Å². The summed E-state index contributed by atoms with van der Waals surface area (Å²) in [6, 6.07) is 0. The molecule has 0 radical (unpaired) electrons. The molecule has 0 aliphatic rings. The molecule has 0 saturated heterocycles. The fourth-order valence-electron chi connectivity index (χ4n) is 0.857. The number of carbonyl (C=O) groups excluding carboxylic acids is 2. The van der Waals surface area contributed by atoms with Crippen LogP contribution in [-0.2, 0) is 19.1 Å². The predicted octanol–water partition coefficient (Wildman–Crippen LogP) is 0.896. The summed E-state index contributed by atoms with van der Waals surface area (Å²) in [5.41, 5.74) is 0. The van der Waals surface area contributed by atoms with Gasteiger partial charge in [-0.05, 0) is 19.3 Å². The maximum Gasteiger partial charge on any atom is 0.384 e. The van der Waals surface area contributed by atoms with Gasteiger partial charge in [-0.1, -0.05) is 0 Å². The van der Waals surface area contributed by atoms with Gasteiger partial charge >= 0.3 is 11.9 Å². The number of hydrogen-bond donors (Lipinski definition) is 0. The first-order valence-electron chi connectivity index (χ1n) is 4.41. The van der Waals surface area contributed by atoms with Gasteiger partial charge in [0.25, 0.3) is 0 Å². The second-order valence-corrected chi connectivity index (χ2v) is 2.67. The molecule has 0 unspecified atom stereocenters. The highest BCUT2D eigenvalue weighted by molar-refractivity contribution is 5.87. The van der Waals surface area contributed by atoms with Gasteiger partial charge in [-0.2, -0.15) is 0 Å². The van der Waals surface area contributed by atoms with Crippen LogP contribution in [-0.4, -0.2) is 25.7 Å². The maximum absolute atomic E-state index is 10.7. The molecule has 0 amide bonds. The van der Waals surface area contributed by atoms with E-state index in [0.29, 0.717) is 19.4 Å². The van der Waals surface area contributed by atoms with Gasteiger partial charge in [-0.25, -0.2) is 4.79 Å². The van der Waals surface area contributed by atoms with Crippen molar-refractivity contribution in [3.05, 3.63) is 0 Å². The van der Waals surface area contributed by atoms with E-state index in [9.17, 15) is 9.59 Å². The van der Waals surface area contributed by atoms with Crippen LogP contribution in [0.1, 0.15) is 25.7 Å². The predicted molar refractivity (Wildman–Crippen MR) is 50.3 cm³/mol. The number of hydrogen-bond acceptors (Lipinski definition) is 4. The molecular weight excluding hydrogens is 184 g/mol. The summed E-state index contributed by atoms with van der Waals surface area (Å²) in [6.45, 7) is 0.310. The molecule has 78 valence electrons. The molecule has 0 aliphatic heterocycles. The summed E-state index contributed by atoms with van der Waals surface area (Å²) in [5.74, 6) is 0.990. The topological polar surface area (TPSA) is 52.6 Å². The third-order valence-corrected chi connectivity index (χ3v) is 1.60. The van der Waals surface area contributed by atoms with Crippen LogP contribution in [0.25, 0.3) is 0 Å². The minimum Gasteiger partial charge on any atom is -0.469 e. The molecule has 0 spiro atoms. The molecule has 14 heavy (non-hydrogen) atoms. The van der Waals surface area contributed by atoms with E-state index >= 15 is 0 Å². The molecule has 0 heterocycles. The van der Waals surface area contributed by atoms with Gasteiger partial charge in [0.05, 0.1) is 13.7 Å². The van der Waals surface area contributed by atoms with Crippen LogP contribution in [0.4, 0.5) is 0 Å². The van der Waals surface area contributed by atoms with E-state index in [0.717, 1.165) is 12.8 Å². The number of carbonyl (C=O) groups is 2. The molecule has 0 aliphatic carbocycles. The Kier molecular flexibility index (Phi) is 7.24. The lowest BCUT2D eigenvalue weighted by atomic mass is 10.2. The molecule has 0 bridgehead atoms. The van der Waals surface area contributed by atoms with Crippen molar-refractivity contribution in [3.63, 3.8) is 0 Å². The minimum absolute atomic E-state index is 0.217. The van der Waals surface area contributed by atoms with E-state index in [1.807, 2.05) is 5.92 Å². The van der Waals surface area contributed by atoms with E-state index in [-0.39, 0.29) is 5.97 Å². The van der Waals surface area contributed by atoms with E-state index in [1.165, 1.54) is 7.11 Å². The highest BCUT2D eigenvalue weighted by Gasteiger charge is 2.00. The number of ether oxygens (including phenoxy) is 2. The average Bonchev–Trinajstić information content (AvgIpc) is 2.22. The monoisotopic (exact) mass is 198 g/mol. The van der Waals surface area contributed by atoms with Crippen LogP contribution in [0.15, 0.2) is 0 Å². The Bertz CT molecular complexity index is 227. The zero-order chi connectivity index (χ0) is 10.8. The number of unbranched alkanes of at least 4 members (excludes halogenated alkanes) is 2. The third kappa shape index (κ3) is 7.17. The highest BCUT2D eigenvalue weighted by Crippen LogP contribution is 2.01. The second-order valence-electron chi connectivity index (χ2n) is 2.67. The van der Waals surface area contributed by atoms with E-state index in [2.05, 4.69) is 9.47 Å². The van der Waals surface area contributed by atoms with Gasteiger partial charge < -0.3 is 9.47 Å². The molecule has 0 aromatic heterocycles. The molecule has 0 atom stereocenters. The number of methoxy groups -OCH3 is 1. The summed E-state index contributed by atoms with van der Waals surface area (Å²) in [7, 11) is 1.36. The zero-order valence-corrected chi connectivity index (χ0v) is 8.25. The van der Waals surface area contributed by atoms with Crippen molar-refractivity contribution in [1.29, 1.82) is 0 Å². The quantitative estimate of drug-likeness (QED) is 0.275. The van der Waals surface area contributed by atoms with Crippen LogP contribution in [0.3, 0.4) is 0 Å². The molecular formula is C10H14O4. The lowest BCUT2D eigenvalue weighted by Gasteiger charge is -2.00. The first kappa shape index (κ1) is 12.5. The van der Waals surface area contributed by atoms with E-state index < -0.39 is 5.97 Å². The first-order chi connectivity index (χ1) is 6.70. The van der Waals surface area contributed by atoms with Gasteiger partial charge in [0.15, 0.2) is 0 Å². The maximum atomic E-state index is 10.7. The zero-order valence-electron chi connectivity index (χ0n) is 8.25. The van der Waals surface area contributed by atoms with Crippen LogP contribution in [0.2, 0.25) is 0 Å². The van der Waals surface area contributed by atoms with Crippen molar-refractivity contribution < 1.29 is 19.1 Å². The summed E-state index contributed by atoms with van der Waals surface area (Å²) < 4.78 is 9.09. The third-order valence-electron chi connectivity index (χ3n) is 1.60. The minimum atomic E-state index is -0.641. The van der Waals surface area contributed by atoms with Crippen LogP contribution in [0.5, 0.6) is 0 Å². The molecule has 0 aromatic rings. The second kappa shape index (κ2) is 8.11. The Hall–Kier alpha value is -1.50. The Balaban J connectivity index is 3.19. The Morgan fingerprint density at radius 1 is 1.29 bits per heavy atom. The van der Waals surface area contributed by atoms with Crippen LogP contribution in [0, 0.1) is 12.3 Å². The van der Waals surface area contributed by atoms with Crippen LogP contribution < -0.4 is 0 Å². The van der Waals surface area contributed by atoms with E-state index in [1.54, 1.807) is 0 Å². The van der Waals surface area contributed by atoms with Gasteiger partial charge in [0, 0.05) is 12.3 Å². The molecule has 0 N–H and O–H groups in total. The highest BCUT2D eigenvalue weighted by atomic mass is 16.5. The lowest BCUT2D eigenvalue weighted by Crippen LogP contribution is -2.03. The van der Waals surface area contributed by atoms with E-state index in [4.69, 9.17) is 6.42 Å². The molecule has 4 nitrogen and oxygen atoms in total.